The molecule has 1 aliphatic heterocycles. The average molecular weight is 275 g/mol. The third kappa shape index (κ3) is 4.94. The van der Waals surface area contributed by atoms with E-state index in [1.807, 2.05) is 26.2 Å². The lowest BCUT2D eigenvalue weighted by Crippen LogP contribution is -2.15. The number of nitrogens with one attached hydrogen (secondary N) is 2. The largest absolute Gasteiger partial charge is 0.326 e. The van der Waals surface area contributed by atoms with Crippen LogP contribution in [-0.2, 0) is 11.3 Å². The highest BCUT2D eigenvalue weighted by molar-refractivity contribution is 5.90. The molecule has 1 fully saturated rings. The summed E-state index contributed by atoms with van der Waals surface area (Å²) in [5, 5.41) is 6.34. The van der Waals surface area contributed by atoms with Gasteiger partial charge in [0, 0.05) is 18.7 Å². The molecule has 2 rings (SSSR count). The summed E-state index contributed by atoms with van der Waals surface area (Å²) in [5.41, 5.74) is 2.12. The maximum atomic E-state index is 12.0. The van der Waals surface area contributed by atoms with E-state index in [4.69, 9.17) is 0 Å². The lowest BCUT2D eigenvalue weighted by atomic mass is 10.0. The van der Waals surface area contributed by atoms with Gasteiger partial charge in [-0.3, -0.25) is 4.79 Å². The normalized spacial score (nSPS) is 18.4. The zero-order valence-electron chi connectivity index (χ0n) is 12.5. The van der Waals surface area contributed by atoms with Gasteiger partial charge in [0.25, 0.3) is 0 Å². The third-order valence-electron chi connectivity index (χ3n) is 3.65. The summed E-state index contributed by atoms with van der Waals surface area (Å²) in [5.74, 6) is 0.791. The van der Waals surface area contributed by atoms with Crippen LogP contribution in [0.2, 0.25) is 0 Å². The molecule has 0 saturated carbocycles. The lowest BCUT2D eigenvalue weighted by molar-refractivity contribution is -0.116. The predicted molar refractivity (Wildman–Crippen MR) is 82.7 cm³/mol. The topological polar surface area (TPSA) is 44.4 Å². The molecule has 0 bridgehead atoms. The van der Waals surface area contributed by atoms with Gasteiger partial charge < -0.3 is 15.5 Å². The molecule has 1 aromatic rings. The molecule has 1 aromatic carbocycles. The number of anilines is 1. The van der Waals surface area contributed by atoms with Crippen molar-refractivity contribution >= 4 is 11.6 Å². The van der Waals surface area contributed by atoms with E-state index in [0.29, 0.717) is 12.3 Å². The molecule has 0 aliphatic carbocycles. The average Bonchev–Trinajstić information content (AvgIpc) is 2.89. The molecular formula is C16H25N3O. The minimum absolute atomic E-state index is 0.124. The minimum Gasteiger partial charge on any atom is -0.326 e. The third-order valence-corrected chi connectivity index (χ3v) is 3.65. The van der Waals surface area contributed by atoms with E-state index in [-0.39, 0.29) is 5.91 Å². The molecule has 1 heterocycles. The standard InChI is InChI=1S/C16H25N3O/c1-19(2)12-14-4-3-5-15(10-14)18-16(20)7-6-13-8-9-17-11-13/h3-5,10,13,17H,6-9,11-12H2,1-2H3,(H,18,20). The van der Waals surface area contributed by atoms with Gasteiger partial charge in [-0.25, -0.2) is 0 Å². The van der Waals surface area contributed by atoms with Crippen molar-refractivity contribution in [1.29, 1.82) is 0 Å². The molecule has 0 radical (unpaired) electrons. The van der Waals surface area contributed by atoms with E-state index in [1.54, 1.807) is 0 Å². The molecule has 0 spiro atoms. The van der Waals surface area contributed by atoms with Crippen molar-refractivity contribution < 1.29 is 4.79 Å². The molecule has 20 heavy (non-hydrogen) atoms. The Morgan fingerprint density at radius 3 is 3.00 bits per heavy atom. The Labute approximate surface area is 121 Å². The van der Waals surface area contributed by atoms with Crippen molar-refractivity contribution in [2.75, 3.05) is 32.5 Å². The number of benzene rings is 1. The molecule has 1 amide bonds. The second kappa shape index (κ2) is 7.41. The van der Waals surface area contributed by atoms with Crippen LogP contribution in [0, 0.1) is 5.92 Å². The van der Waals surface area contributed by atoms with Crippen LogP contribution in [0.1, 0.15) is 24.8 Å². The van der Waals surface area contributed by atoms with Crippen LogP contribution < -0.4 is 10.6 Å². The first kappa shape index (κ1) is 15.0. The second-order valence-electron chi connectivity index (χ2n) is 5.88. The quantitative estimate of drug-likeness (QED) is 0.835. The van der Waals surface area contributed by atoms with Gasteiger partial charge in [0.15, 0.2) is 0 Å². The van der Waals surface area contributed by atoms with Crippen LogP contribution in [0.5, 0.6) is 0 Å². The zero-order chi connectivity index (χ0) is 14.4. The van der Waals surface area contributed by atoms with Gasteiger partial charge in [0.05, 0.1) is 0 Å². The van der Waals surface area contributed by atoms with E-state index in [2.05, 4.69) is 27.7 Å². The van der Waals surface area contributed by atoms with Crippen molar-refractivity contribution in [2.24, 2.45) is 5.92 Å². The van der Waals surface area contributed by atoms with Gasteiger partial charge in [-0.1, -0.05) is 12.1 Å². The van der Waals surface area contributed by atoms with Crippen LogP contribution in [0.15, 0.2) is 24.3 Å². The van der Waals surface area contributed by atoms with Crippen LogP contribution in [0.3, 0.4) is 0 Å². The van der Waals surface area contributed by atoms with Crippen LogP contribution in [-0.4, -0.2) is 38.0 Å². The summed E-state index contributed by atoms with van der Waals surface area (Å²) in [6.07, 6.45) is 2.80. The van der Waals surface area contributed by atoms with Gasteiger partial charge in [-0.2, -0.15) is 0 Å². The number of nitrogens with zero attached hydrogens (tertiary/aromatic N) is 1. The van der Waals surface area contributed by atoms with Crippen LogP contribution in [0.25, 0.3) is 0 Å². The number of rotatable bonds is 6. The fourth-order valence-electron chi connectivity index (χ4n) is 2.63. The van der Waals surface area contributed by atoms with Crippen LogP contribution in [0.4, 0.5) is 5.69 Å². The molecule has 110 valence electrons. The Morgan fingerprint density at radius 1 is 1.45 bits per heavy atom. The van der Waals surface area contributed by atoms with Crippen molar-refractivity contribution in [2.45, 2.75) is 25.8 Å². The predicted octanol–water partition coefficient (Wildman–Crippen LogP) is 2.08. The first-order chi connectivity index (χ1) is 9.63. The Hall–Kier alpha value is -1.39. The van der Waals surface area contributed by atoms with Gasteiger partial charge >= 0.3 is 0 Å². The Balaban J connectivity index is 1.80. The summed E-state index contributed by atoms with van der Waals surface area (Å²) in [4.78, 5) is 14.1. The fourth-order valence-corrected chi connectivity index (χ4v) is 2.63. The molecule has 4 heteroatoms. The summed E-state index contributed by atoms with van der Waals surface area (Å²) in [7, 11) is 4.09. The number of carbonyl (C=O) groups excluding carboxylic acids is 1. The highest BCUT2D eigenvalue weighted by Crippen LogP contribution is 2.16. The Kier molecular flexibility index (Phi) is 5.56. The maximum absolute atomic E-state index is 12.0. The summed E-state index contributed by atoms with van der Waals surface area (Å²) in [6.45, 7) is 3.04. The van der Waals surface area contributed by atoms with Crippen molar-refractivity contribution in [3.05, 3.63) is 29.8 Å². The van der Waals surface area contributed by atoms with E-state index >= 15 is 0 Å². The lowest BCUT2D eigenvalue weighted by Gasteiger charge is -2.12. The Morgan fingerprint density at radius 2 is 2.30 bits per heavy atom. The fraction of sp³-hybridized carbons (Fsp3) is 0.562. The number of carbonyl (C=O) groups is 1. The first-order valence-corrected chi connectivity index (χ1v) is 7.38. The smallest absolute Gasteiger partial charge is 0.224 e. The molecular weight excluding hydrogens is 250 g/mol. The van der Waals surface area contributed by atoms with Gasteiger partial charge in [0.2, 0.25) is 5.91 Å². The van der Waals surface area contributed by atoms with E-state index in [0.717, 1.165) is 31.7 Å². The molecule has 0 aromatic heterocycles. The second-order valence-corrected chi connectivity index (χ2v) is 5.88. The van der Waals surface area contributed by atoms with Crippen molar-refractivity contribution in [3.8, 4) is 0 Å². The molecule has 1 aliphatic rings. The number of hydrogen-bond donors (Lipinski definition) is 2. The molecule has 1 unspecified atom stereocenters. The number of amides is 1. The molecule has 4 nitrogen and oxygen atoms in total. The molecule has 1 atom stereocenters. The van der Waals surface area contributed by atoms with Gasteiger partial charge in [0.1, 0.15) is 0 Å². The Bertz CT molecular complexity index is 439. The highest BCUT2D eigenvalue weighted by atomic mass is 16.1. The minimum atomic E-state index is 0.124. The SMILES string of the molecule is CN(C)Cc1cccc(NC(=O)CCC2CCNC2)c1. The molecule has 1 saturated heterocycles. The molecule has 2 N–H and O–H groups in total. The van der Waals surface area contributed by atoms with Crippen molar-refractivity contribution in [1.82, 2.24) is 10.2 Å². The highest BCUT2D eigenvalue weighted by Gasteiger charge is 2.15. The number of hydrogen-bond acceptors (Lipinski definition) is 3. The maximum Gasteiger partial charge on any atom is 0.224 e. The zero-order valence-corrected chi connectivity index (χ0v) is 12.5. The van der Waals surface area contributed by atoms with E-state index in [1.165, 1.54) is 12.0 Å². The van der Waals surface area contributed by atoms with Gasteiger partial charge in [-0.15, -0.1) is 0 Å². The summed E-state index contributed by atoms with van der Waals surface area (Å²) in [6, 6.07) is 8.08. The van der Waals surface area contributed by atoms with E-state index in [9.17, 15) is 4.79 Å². The monoisotopic (exact) mass is 275 g/mol. The van der Waals surface area contributed by atoms with Crippen molar-refractivity contribution in [3.63, 3.8) is 0 Å². The summed E-state index contributed by atoms with van der Waals surface area (Å²) >= 11 is 0. The summed E-state index contributed by atoms with van der Waals surface area (Å²) < 4.78 is 0. The van der Waals surface area contributed by atoms with Gasteiger partial charge in [-0.05, 0) is 63.6 Å². The first-order valence-electron chi connectivity index (χ1n) is 7.38. The van der Waals surface area contributed by atoms with Crippen LogP contribution >= 0.6 is 0 Å². The van der Waals surface area contributed by atoms with E-state index < -0.39 is 0 Å².